The van der Waals surface area contributed by atoms with E-state index >= 15 is 0 Å². The van der Waals surface area contributed by atoms with E-state index in [1.54, 1.807) is 13.0 Å². The number of ether oxygens (including phenoxy) is 1. The maximum atomic E-state index is 12.5. The van der Waals surface area contributed by atoms with Crippen molar-refractivity contribution in [2.75, 3.05) is 6.61 Å². The molecule has 1 heterocycles. The Hall–Kier alpha value is -2.23. The molecule has 0 aliphatic heterocycles. The number of aromatic nitrogens is 1. The Bertz CT molecular complexity index is 546. The summed E-state index contributed by atoms with van der Waals surface area (Å²) in [4.78, 5) is 24.5. The second kappa shape index (κ2) is 5.91. The predicted octanol–water partition coefficient (Wildman–Crippen LogP) is 1.29. The fraction of sp³-hybridized carbons (Fsp3) is 0.364. The van der Waals surface area contributed by atoms with Crippen LogP contribution in [0.4, 0.5) is 8.78 Å². The number of halogens is 2. The Morgan fingerprint density at radius 1 is 1.61 bits per heavy atom. The Morgan fingerprint density at radius 2 is 2.28 bits per heavy atom. The van der Waals surface area contributed by atoms with E-state index in [2.05, 4.69) is 4.74 Å². The summed E-state index contributed by atoms with van der Waals surface area (Å²) in [5, 5.41) is 8.76. The van der Waals surface area contributed by atoms with Gasteiger partial charge in [0.15, 0.2) is 0 Å². The van der Waals surface area contributed by atoms with Crippen molar-refractivity contribution in [3.63, 3.8) is 0 Å². The fourth-order valence-corrected chi connectivity index (χ4v) is 1.38. The summed E-state index contributed by atoms with van der Waals surface area (Å²) >= 11 is 0. The highest BCUT2D eigenvalue weighted by molar-refractivity contribution is 5.73. The molecule has 0 spiro atoms. The Balaban J connectivity index is 3.19. The number of nitrogens with zero attached hydrogens (tertiary/aromatic N) is 1. The molecule has 1 N–H and O–H groups in total. The second-order valence-corrected chi connectivity index (χ2v) is 3.35. The minimum Gasteiger partial charge on any atom is -0.466 e. The van der Waals surface area contributed by atoms with Gasteiger partial charge in [0.05, 0.1) is 18.7 Å². The van der Waals surface area contributed by atoms with Gasteiger partial charge in [-0.15, -0.1) is 0 Å². The Morgan fingerprint density at radius 3 is 2.78 bits per heavy atom. The molecule has 0 aliphatic rings. The molecule has 0 unspecified atom stereocenters. The number of alkyl halides is 2. The molecule has 18 heavy (non-hydrogen) atoms. The van der Waals surface area contributed by atoms with Gasteiger partial charge < -0.3 is 9.72 Å². The maximum absolute atomic E-state index is 12.5. The molecule has 96 valence electrons. The van der Waals surface area contributed by atoms with Crippen molar-refractivity contribution < 1.29 is 18.3 Å². The number of hydrogen-bond acceptors (Lipinski definition) is 4. The van der Waals surface area contributed by atoms with Gasteiger partial charge in [0, 0.05) is 0 Å². The summed E-state index contributed by atoms with van der Waals surface area (Å²) in [7, 11) is 0. The molecule has 0 amide bonds. The van der Waals surface area contributed by atoms with Crippen molar-refractivity contribution >= 4 is 5.97 Å². The van der Waals surface area contributed by atoms with E-state index in [0.717, 1.165) is 6.07 Å². The van der Waals surface area contributed by atoms with Gasteiger partial charge in [-0.25, -0.2) is 8.78 Å². The number of carbonyl (C=O) groups is 1. The van der Waals surface area contributed by atoms with Crippen molar-refractivity contribution in [1.82, 2.24) is 4.98 Å². The summed E-state index contributed by atoms with van der Waals surface area (Å²) in [5.41, 5.74) is -1.98. The lowest BCUT2D eigenvalue weighted by atomic mass is 10.1. The van der Waals surface area contributed by atoms with Crippen LogP contribution in [0.25, 0.3) is 0 Å². The van der Waals surface area contributed by atoms with Gasteiger partial charge in [0.1, 0.15) is 11.6 Å². The molecule has 7 heteroatoms. The van der Waals surface area contributed by atoms with Crippen LogP contribution in [0.1, 0.15) is 30.2 Å². The van der Waals surface area contributed by atoms with E-state index in [1.807, 2.05) is 4.98 Å². The summed E-state index contributed by atoms with van der Waals surface area (Å²) < 4.78 is 29.6. The number of rotatable bonds is 4. The number of carbonyl (C=O) groups excluding carboxylic acids is 1. The smallest absolute Gasteiger partial charge is 0.310 e. The lowest BCUT2D eigenvalue weighted by molar-refractivity contribution is -0.142. The lowest BCUT2D eigenvalue weighted by Crippen LogP contribution is -2.18. The average molecular weight is 256 g/mol. The van der Waals surface area contributed by atoms with E-state index in [4.69, 9.17) is 5.26 Å². The van der Waals surface area contributed by atoms with E-state index in [9.17, 15) is 18.4 Å². The molecular formula is C11H10F2N2O3. The normalized spacial score (nSPS) is 10.2. The van der Waals surface area contributed by atoms with Crippen LogP contribution in [0.3, 0.4) is 0 Å². The monoisotopic (exact) mass is 256 g/mol. The van der Waals surface area contributed by atoms with Crippen LogP contribution in [0.5, 0.6) is 0 Å². The van der Waals surface area contributed by atoms with Crippen molar-refractivity contribution in [3.8, 4) is 6.07 Å². The van der Waals surface area contributed by atoms with Gasteiger partial charge >= 0.3 is 5.97 Å². The van der Waals surface area contributed by atoms with Gasteiger partial charge in [0.25, 0.3) is 12.0 Å². The SMILES string of the molecule is CCOC(=O)Cc1cc(C(F)F)[nH]c(=O)c1C#N. The topological polar surface area (TPSA) is 83.0 Å². The van der Waals surface area contributed by atoms with Crippen molar-refractivity contribution in [3.05, 3.63) is 33.2 Å². The molecule has 0 aliphatic carbocycles. The number of nitriles is 1. The third-order valence-corrected chi connectivity index (χ3v) is 2.12. The van der Waals surface area contributed by atoms with Crippen LogP contribution in [-0.4, -0.2) is 17.6 Å². The largest absolute Gasteiger partial charge is 0.466 e. The number of aromatic amines is 1. The zero-order valence-corrected chi connectivity index (χ0v) is 9.50. The number of pyridine rings is 1. The molecule has 0 saturated heterocycles. The third kappa shape index (κ3) is 3.13. The van der Waals surface area contributed by atoms with Gasteiger partial charge in [0.2, 0.25) is 0 Å². The van der Waals surface area contributed by atoms with Crippen molar-refractivity contribution in [2.45, 2.75) is 19.8 Å². The zero-order chi connectivity index (χ0) is 13.7. The molecule has 0 radical (unpaired) electrons. The lowest BCUT2D eigenvalue weighted by Gasteiger charge is -2.06. The molecule has 0 fully saturated rings. The van der Waals surface area contributed by atoms with Crippen LogP contribution in [0.2, 0.25) is 0 Å². The molecule has 1 aromatic heterocycles. The van der Waals surface area contributed by atoms with Crippen molar-refractivity contribution in [2.24, 2.45) is 0 Å². The minimum absolute atomic E-state index is 0.0602. The highest BCUT2D eigenvalue weighted by Gasteiger charge is 2.17. The Kier molecular flexibility index (Phi) is 4.54. The standard InChI is InChI=1S/C11H10F2N2O3/c1-2-18-9(16)4-6-3-8(10(12)13)15-11(17)7(6)5-14/h3,10H,2,4H2,1H3,(H,15,17). The van der Waals surface area contributed by atoms with Crippen LogP contribution in [0.15, 0.2) is 10.9 Å². The first-order valence-electron chi connectivity index (χ1n) is 5.09. The van der Waals surface area contributed by atoms with E-state index in [0.29, 0.717) is 0 Å². The Labute approximate surface area is 101 Å². The van der Waals surface area contributed by atoms with E-state index in [-0.39, 0.29) is 24.2 Å². The second-order valence-electron chi connectivity index (χ2n) is 3.35. The summed E-state index contributed by atoms with van der Waals surface area (Å²) in [6.45, 7) is 1.72. The molecule has 1 rings (SSSR count). The number of H-pyrrole nitrogens is 1. The fourth-order valence-electron chi connectivity index (χ4n) is 1.38. The maximum Gasteiger partial charge on any atom is 0.310 e. The first-order valence-corrected chi connectivity index (χ1v) is 5.09. The quantitative estimate of drug-likeness (QED) is 0.823. The minimum atomic E-state index is -2.88. The highest BCUT2D eigenvalue weighted by Crippen LogP contribution is 2.17. The van der Waals surface area contributed by atoms with Gasteiger partial charge in [-0.2, -0.15) is 5.26 Å². The van der Waals surface area contributed by atoms with Crippen LogP contribution in [0, 0.1) is 11.3 Å². The first kappa shape index (κ1) is 13.8. The zero-order valence-electron chi connectivity index (χ0n) is 9.50. The third-order valence-electron chi connectivity index (χ3n) is 2.12. The van der Waals surface area contributed by atoms with Crippen molar-refractivity contribution in [1.29, 1.82) is 5.26 Å². The van der Waals surface area contributed by atoms with Gasteiger partial charge in [-0.1, -0.05) is 0 Å². The molecule has 0 saturated carbocycles. The van der Waals surface area contributed by atoms with Gasteiger partial charge in [-0.05, 0) is 18.6 Å². The number of esters is 1. The van der Waals surface area contributed by atoms with E-state index in [1.165, 1.54) is 0 Å². The van der Waals surface area contributed by atoms with E-state index < -0.39 is 23.6 Å². The molecule has 1 aromatic rings. The van der Waals surface area contributed by atoms with Crippen LogP contribution < -0.4 is 5.56 Å². The molecule has 5 nitrogen and oxygen atoms in total. The average Bonchev–Trinajstić information content (AvgIpc) is 2.28. The number of hydrogen-bond donors (Lipinski definition) is 1. The highest BCUT2D eigenvalue weighted by atomic mass is 19.3. The van der Waals surface area contributed by atoms with Crippen LogP contribution >= 0.6 is 0 Å². The molecule has 0 aromatic carbocycles. The van der Waals surface area contributed by atoms with Gasteiger partial charge in [-0.3, -0.25) is 9.59 Å². The summed E-state index contributed by atoms with van der Waals surface area (Å²) in [5.74, 6) is -0.681. The predicted molar refractivity (Wildman–Crippen MR) is 57.1 cm³/mol. The molecule has 0 bridgehead atoms. The summed E-state index contributed by atoms with van der Waals surface area (Å²) in [6.07, 6.45) is -3.27. The van der Waals surface area contributed by atoms with Crippen LogP contribution in [-0.2, 0) is 16.0 Å². The molecular weight excluding hydrogens is 246 g/mol. The summed E-state index contributed by atoms with van der Waals surface area (Å²) in [6, 6.07) is 2.51. The first-order chi connectivity index (χ1) is 8.49. The molecule has 0 atom stereocenters. The number of nitrogens with one attached hydrogen (secondary N) is 1.